The van der Waals surface area contributed by atoms with Gasteiger partial charge in [-0.05, 0) is 58.9 Å². The first-order chi connectivity index (χ1) is 10.6. The SMILES string of the molecule is CC(C)N(CC(O)COc1ccc(N)cc1)C(=O)OC(C)(C)C. The minimum Gasteiger partial charge on any atom is -0.491 e. The van der Waals surface area contributed by atoms with Gasteiger partial charge in [0.25, 0.3) is 0 Å². The van der Waals surface area contributed by atoms with Crippen LogP contribution in [-0.4, -0.2) is 47.0 Å². The van der Waals surface area contributed by atoms with Crippen molar-refractivity contribution in [3.8, 4) is 5.75 Å². The van der Waals surface area contributed by atoms with E-state index < -0.39 is 17.8 Å². The number of anilines is 1. The largest absolute Gasteiger partial charge is 0.491 e. The average molecular weight is 324 g/mol. The van der Waals surface area contributed by atoms with E-state index in [0.717, 1.165) is 0 Å². The van der Waals surface area contributed by atoms with Crippen molar-refractivity contribution in [1.82, 2.24) is 4.90 Å². The fourth-order valence-electron chi connectivity index (χ4n) is 1.85. The minimum absolute atomic E-state index is 0.0793. The van der Waals surface area contributed by atoms with Gasteiger partial charge in [-0.1, -0.05) is 0 Å². The molecule has 0 fully saturated rings. The van der Waals surface area contributed by atoms with E-state index in [2.05, 4.69) is 0 Å². The molecule has 0 saturated carbocycles. The Labute approximate surface area is 138 Å². The minimum atomic E-state index is -0.817. The molecule has 0 aliphatic heterocycles. The first-order valence-electron chi connectivity index (χ1n) is 7.74. The van der Waals surface area contributed by atoms with Gasteiger partial charge in [-0.3, -0.25) is 0 Å². The molecule has 23 heavy (non-hydrogen) atoms. The number of rotatable bonds is 6. The van der Waals surface area contributed by atoms with E-state index >= 15 is 0 Å². The molecule has 6 nitrogen and oxygen atoms in total. The molecule has 6 heteroatoms. The monoisotopic (exact) mass is 324 g/mol. The average Bonchev–Trinajstić information content (AvgIpc) is 2.41. The predicted molar refractivity (Wildman–Crippen MR) is 90.4 cm³/mol. The highest BCUT2D eigenvalue weighted by atomic mass is 16.6. The molecule has 1 aromatic rings. The van der Waals surface area contributed by atoms with Crippen LogP contribution in [0.4, 0.5) is 10.5 Å². The molecular formula is C17H28N2O4. The Hall–Kier alpha value is -1.95. The molecule has 0 heterocycles. The fraction of sp³-hybridized carbons (Fsp3) is 0.588. The zero-order chi connectivity index (χ0) is 17.6. The molecule has 0 saturated heterocycles. The molecule has 0 bridgehead atoms. The van der Waals surface area contributed by atoms with E-state index in [1.165, 1.54) is 4.90 Å². The highest BCUT2D eigenvalue weighted by molar-refractivity contribution is 5.68. The standard InChI is InChI=1S/C17H28N2O4/c1-12(2)19(16(21)23-17(3,4)5)10-14(20)11-22-15-8-6-13(18)7-9-15/h6-9,12,14,20H,10-11,18H2,1-5H3. The van der Waals surface area contributed by atoms with Crippen molar-refractivity contribution < 1.29 is 19.4 Å². The summed E-state index contributed by atoms with van der Waals surface area (Å²) in [6, 6.07) is 6.83. The topological polar surface area (TPSA) is 85.0 Å². The molecule has 3 N–H and O–H groups in total. The zero-order valence-electron chi connectivity index (χ0n) is 14.6. The summed E-state index contributed by atoms with van der Waals surface area (Å²) in [6.45, 7) is 9.39. The van der Waals surface area contributed by atoms with Gasteiger partial charge >= 0.3 is 6.09 Å². The molecule has 1 amide bonds. The zero-order valence-corrected chi connectivity index (χ0v) is 14.6. The number of nitrogens with two attached hydrogens (primary N) is 1. The Bertz CT molecular complexity index is 494. The van der Waals surface area contributed by atoms with Gasteiger partial charge in [-0.2, -0.15) is 0 Å². The third kappa shape index (κ3) is 7.23. The summed E-state index contributed by atoms with van der Waals surface area (Å²) in [4.78, 5) is 13.7. The highest BCUT2D eigenvalue weighted by Gasteiger charge is 2.26. The van der Waals surface area contributed by atoms with E-state index in [1.807, 2.05) is 34.6 Å². The van der Waals surface area contributed by atoms with Crippen LogP contribution in [-0.2, 0) is 4.74 Å². The maximum absolute atomic E-state index is 12.2. The molecule has 1 unspecified atom stereocenters. The number of amides is 1. The Morgan fingerprint density at radius 1 is 1.26 bits per heavy atom. The first kappa shape index (κ1) is 19.1. The fourth-order valence-corrected chi connectivity index (χ4v) is 1.85. The Balaban J connectivity index is 2.55. The van der Waals surface area contributed by atoms with Gasteiger partial charge in [-0.25, -0.2) is 4.79 Å². The van der Waals surface area contributed by atoms with Crippen molar-refractivity contribution >= 4 is 11.8 Å². The first-order valence-corrected chi connectivity index (χ1v) is 7.74. The number of nitrogen functional groups attached to an aromatic ring is 1. The number of aliphatic hydroxyl groups excluding tert-OH is 1. The lowest BCUT2D eigenvalue weighted by atomic mass is 10.2. The second-order valence-corrected chi connectivity index (χ2v) is 6.76. The van der Waals surface area contributed by atoms with Crippen LogP contribution in [0.15, 0.2) is 24.3 Å². The van der Waals surface area contributed by atoms with Crippen LogP contribution in [0.5, 0.6) is 5.75 Å². The number of hydrogen-bond donors (Lipinski definition) is 2. The maximum atomic E-state index is 12.2. The van der Waals surface area contributed by atoms with Gasteiger partial charge in [0.15, 0.2) is 0 Å². The lowest BCUT2D eigenvalue weighted by Crippen LogP contribution is -2.46. The third-order valence-electron chi connectivity index (χ3n) is 2.98. The van der Waals surface area contributed by atoms with Crippen molar-refractivity contribution in [2.24, 2.45) is 0 Å². The summed E-state index contributed by atoms with van der Waals surface area (Å²) >= 11 is 0. The van der Waals surface area contributed by atoms with Crippen molar-refractivity contribution in [2.75, 3.05) is 18.9 Å². The molecule has 0 spiro atoms. The molecule has 0 aliphatic rings. The second kappa shape index (κ2) is 8.06. The lowest BCUT2D eigenvalue weighted by Gasteiger charge is -2.31. The van der Waals surface area contributed by atoms with Crippen LogP contribution in [0.3, 0.4) is 0 Å². The number of ether oxygens (including phenoxy) is 2. The van der Waals surface area contributed by atoms with Crippen molar-refractivity contribution in [3.63, 3.8) is 0 Å². The summed E-state index contributed by atoms with van der Waals surface area (Å²) in [6.07, 6.45) is -1.26. The Morgan fingerprint density at radius 2 is 1.83 bits per heavy atom. The van der Waals surface area contributed by atoms with Crippen LogP contribution in [0, 0.1) is 0 Å². The van der Waals surface area contributed by atoms with E-state index in [4.69, 9.17) is 15.2 Å². The molecular weight excluding hydrogens is 296 g/mol. The normalized spacial score (nSPS) is 12.8. The number of aliphatic hydroxyl groups is 1. The van der Waals surface area contributed by atoms with E-state index in [0.29, 0.717) is 11.4 Å². The van der Waals surface area contributed by atoms with E-state index in [9.17, 15) is 9.90 Å². The van der Waals surface area contributed by atoms with Gasteiger partial charge in [0.05, 0.1) is 6.54 Å². The van der Waals surface area contributed by atoms with Gasteiger partial charge in [-0.15, -0.1) is 0 Å². The Morgan fingerprint density at radius 3 is 2.30 bits per heavy atom. The summed E-state index contributed by atoms with van der Waals surface area (Å²) in [5.74, 6) is 0.617. The number of nitrogens with zero attached hydrogens (tertiary/aromatic N) is 1. The number of carbonyl (C=O) groups excluding carboxylic acids is 1. The van der Waals surface area contributed by atoms with Gasteiger partial charge in [0.1, 0.15) is 24.1 Å². The number of hydrogen-bond acceptors (Lipinski definition) is 5. The predicted octanol–water partition coefficient (Wildman–Crippen LogP) is 2.65. The highest BCUT2D eigenvalue weighted by Crippen LogP contribution is 2.15. The van der Waals surface area contributed by atoms with Crippen molar-refractivity contribution in [1.29, 1.82) is 0 Å². The summed E-state index contributed by atoms with van der Waals surface area (Å²) < 4.78 is 10.9. The van der Waals surface area contributed by atoms with Crippen LogP contribution < -0.4 is 10.5 Å². The smallest absolute Gasteiger partial charge is 0.410 e. The van der Waals surface area contributed by atoms with Crippen LogP contribution >= 0.6 is 0 Å². The van der Waals surface area contributed by atoms with Gasteiger partial charge in [0, 0.05) is 11.7 Å². The molecule has 0 aromatic heterocycles. The van der Waals surface area contributed by atoms with Crippen molar-refractivity contribution in [3.05, 3.63) is 24.3 Å². The second-order valence-electron chi connectivity index (χ2n) is 6.76. The third-order valence-corrected chi connectivity index (χ3v) is 2.98. The number of carbonyl (C=O) groups is 1. The van der Waals surface area contributed by atoms with E-state index in [-0.39, 0.29) is 19.2 Å². The van der Waals surface area contributed by atoms with Crippen molar-refractivity contribution in [2.45, 2.75) is 52.4 Å². The van der Waals surface area contributed by atoms with Crippen LogP contribution in [0.2, 0.25) is 0 Å². The molecule has 0 aliphatic carbocycles. The number of benzene rings is 1. The van der Waals surface area contributed by atoms with Crippen LogP contribution in [0.25, 0.3) is 0 Å². The van der Waals surface area contributed by atoms with Crippen LogP contribution in [0.1, 0.15) is 34.6 Å². The summed E-state index contributed by atoms with van der Waals surface area (Å²) in [5.41, 5.74) is 5.68. The molecule has 1 aromatic carbocycles. The Kier molecular flexibility index (Phi) is 6.69. The molecule has 0 radical (unpaired) electrons. The quantitative estimate of drug-likeness (QED) is 0.786. The van der Waals surface area contributed by atoms with Gasteiger partial charge in [0.2, 0.25) is 0 Å². The van der Waals surface area contributed by atoms with E-state index in [1.54, 1.807) is 24.3 Å². The molecule has 1 atom stereocenters. The summed E-state index contributed by atoms with van der Waals surface area (Å²) in [7, 11) is 0. The summed E-state index contributed by atoms with van der Waals surface area (Å²) in [5, 5.41) is 10.1. The maximum Gasteiger partial charge on any atom is 0.410 e. The van der Waals surface area contributed by atoms with Gasteiger partial charge < -0.3 is 25.2 Å². The molecule has 130 valence electrons. The molecule has 1 rings (SSSR count). The lowest BCUT2D eigenvalue weighted by molar-refractivity contribution is 0.00188.